The summed E-state index contributed by atoms with van der Waals surface area (Å²) in [5, 5.41) is 0. The molecule has 0 aliphatic heterocycles. The highest BCUT2D eigenvalue weighted by Gasteiger charge is 2.20. The number of aldehydes is 1. The first-order chi connectivity index (χ1) is 7.43. The summed E-state index contributed by atoms with van der Waals surface area (Å²) in [6.45, 7) is 5.92. The van der Waals surface area contributed by atoms with Crippen LogP contribution in [0.15, 0.2) is 24.3 Å². The van der Waals surface area contributed by atoms with Gasteiger partial charge in [-0.15, -0.1) is 0 Å². The number of aryl methyl sites for hydroxylation is 1. The van der Waals surface area contributed by atoms with Crippen molar-refractivity contribution in [2.45, 2.75) is 39.7 Å². The van der Waals surface area contributed by atoms with Crippen molar-refractivity contribution in [2.75, 3.05) is 0 Å². The molecule has 0 heterocycles. The summed E-state index contributed by atoms with van der Waals surface area (Å²) in [6, 6.07) is 8.43. The molecule has 0 aliphatic rings. The van der Waals surface area contributed by atoms with Gasteiger partial charge in [-0.25, -0.2) is 0 Å². The van der Waals surface area contributed by atoms with Crippen molar-refractivity contribution in [1.29, 1.82) is 0 Å². The average Bonchev–Trinajstić information content (AvgIpc) is 2.21. The molecular formula is C14H21NO. The van der Waals surface area contributed by atoms with E-state index in [1.807, 2.05) is 13.8 Å². The second-order valence-electron chi connectivity index (χ2n) is 5.26. The molecular weight excluding hydrogens is 198 g/mol. The molecule has 0 saturated carbocycles. The normalized spacial score (nSPS) is 13.5. The zero-order valence-corrected chi connectivity index (χ0v) is 10.4. The maximum Gasteiger partial charge on any atom is 0.125 e. The lowest BCUT2D eigenvalue weighted by Crippen LogP contribution is -2.30. The van der Waals surface area contributed by atoms with E-state index in [0.29, 0.717) is 0 Å². The number of benzene rings is 1. The van der Waals surface area contributed by atoms with Gasteiger partial charge in [0.2, 0.25) is 0 Å². The Morgan fingerprint density at radius 3 is 2.38 bits per heavy atom. The quantitative estimate of drug-likeness (QED) is 0.773. The van der Waals surface area contributed by atoms with Crippen LogP contribution in [0.4, 0.5) is 0 Å². The summed E-state index contributed by atoms with van der Waals surface area (Å²) in [5.74, 6) is 0. The molecule has 1 rings (SSSR count). The Morgan fingerprint density at radius 1 is 1.31 bits per heavy atom. The van der Waals surface area contributed by atoms with Gasteiger partial charge in [0.15, 0.2) is 0 Å². The summed E-state index contributed by atoms with van der Waals surface area (Å²) < 4.78 is 0. The molecule has 0 fully saturated rings. The number of rotatable bonds is 5. The van der Waals surface area contributed by atoms with Crippen LogP contribution >= 0.6 is 0 Å². The van der Waals surface area contributed by atoms with E-state index in [9.17, 15) is 4.79 Å². The Kier molecular flexibility index (Phi) is 4.25. The highest BCUT2D eigenvalue weighted by molar-refractivity contribution is 5.57. The summed E-state index contributed by atoms with van der Waals surface area (Å²) in [7, 11) is 0. The lowest BCUT2D eigenvalue weighted by Gasteiger charge is -2.21. The third kappa shape index (κ3) is 4.15. The zero-order chi connectivity index (χ0) is 12.2. The van der Waals surface area contributed by atoms with Gasteiger partial charge in [0.05, 0.1) is 0 Å². The van der Waals surface area contributed by atoms with Gasteiger partial charge in [-0.1, -0.05) is 43.7 Å². The summed E-state index contributed by atoms with van der Waals surface area (Å²) in [5.41, 5.74) is 8.22. The molecule has 2 heteroatoms. The zero-order valence-electron chi connectivity index (χ0n) is 10.4. The number of nitrogens with two attached hydrogens (primary N) is 1. The Hall–Kier alpha value is -1.15. The first kappa shape index (κ1) is 12.9. The number of hydrogen-bond acceptors (Lipinski definition) is 2. The van der Waals surface area contributed by atoms with Gasteiger partial charge in [-0.3, -0.25) is 0 Å². The van der Waals surface area contributed by atoms with Crippen molar-refractivity contribution >= 4 is 6.29 Å². The number of carbonyl (C=O) groups excluding carboxylic acids is 1. The predicted molar refractivity (Wildman–Crippen MR) is 67.3 cm³/mol. The van der Waals surface area contributed by atoms with Crippen LogP contribution in [0.25, 0.3) is 0 Å². The summed E-state index contributed by atoms with van der Waals surface area (Å²) in [4.78, 5) is 10.8. The molecule has 2 nitrogen and oxygen atoms in total. The Balaban J connectivity index is 2.54. The van der Waals surface area contributed by atoms with Crippen LogP contribution in [0, 0.1) is 12.3 Å². The second-order valence-corrected chi connectivity index (χ2v) is 5.26. The fourth-order valence-electron chi connectivity index (χ4n) is 1.82. The molecule has 0 saturated heterocycles. The third-order valence-corrected chi connectivity index (χ3v) is 2.73. The molecule has 2 N–H and O–H groups in total. The van der Waals surface area contributed by atoms with Crippen LogP contribution in [0.1, 0.15) is 31.4 Å². The molecule has 88 valence electrons. The highest BCUT2D eigenvalue weighted by Crippen LogP contribution is 2.20. The topological polar surface area (TPSA) is 43.1 Å². The van der Waals surface area contributed by atoms with E-state index in [-0.39, 0.29) is 11.5 Å². The molecule has 0 radical (unpaired) electrons. The van der Waals surface area contributed by atoms with Gasteiger partial charge in [0, 0.05) is 11.5 Å². The van der Waals surface area contributed by atoms with E-state index in [2.05, 4.69) is 31.2 Å². The molecule has 1 aromatic carbocycles. The van der Waals surface area contributed by atoms with Crippen molar-refractivity contribution in [3.05, 3.63) is 35.4 Å². The second kappa shape index (κ2) is 5.26. The van der Waals surface area contributed by atoms with Gasteiger partial charge in [0.1, 0.15) is 6.29 Å². The van der Waals surface area contributed by atoms with Crippen LogP contribution < -0.4 is 5.73 Å². The Labute approximate surface area is 97.9 Å². The molecule has 16 heavy (non-hydrogen) atoms. The Bertz CT molecular complexity index is 340. The molecule has 0 amide bonds. The van der Waals surface area contributed by atoms with Crippen molar-refractivity contribution in [3.8, 4) is 0 Å². The molecule has 0 aromatic heterocycles. The number of carbonyl (C=O) groups is 1. The molecule has 1 atom stereocenters. The lowest BCUT2D eigenvalue weighted by atomic mass is 9.85. The molecule has 1 aromatic rings. The summed E-state index contributed by atoms with van der Waals surface area (Å²) >= 11 is 0. The van der Waals surface area contributed by atoms with Crippen molar-refractivity contribution in [2.24, 2.45) is 11.1 Å². The first-order valence-electron chi connectivity index (χ1n) is 5.70. The van der Waals surface area contributed by atoms with E-state index >= 15 is 0 Å². The van der Waals surface area contributed by atoms with Gasteiger partial charge in [-0.05, 0) is 25.3 Å². The third-order valence-electron chi connectivity index (χ3n) is 2.73. The minimum atomic E-state index is -0.315. The van der Waals surface area contributed by atoms with Crippen molar-refractivity contribution < 1.29 is 4.79 Å². The highest BCUT2D eigenvalue weighted by atomic mass is 16.1. The first-order valence-corrected chi connectivity index (χ1v) is 5.70. The van der Waals surface area contributed by atoms with Gasteiger partial charge >= 0.3 is 0 Å². The van der Waals surface area contributed by atoms with E-state index < -0.39 is 0 Å². The van der Waals surface area contributed by atoms with Crippen molar-refractivity contribution in [1.82, 2.24) is 0 Å². The summed E-state index contributed by atoms with van der Waals surface area (Å²) in [6.07, 6.45) is 2.55. The van der Waals surface area contributed by atoms with Crippen LogP contribution in [0.2, 0.25) is 0 Å². The Morgan fingerprint density at radius 2 is 1.88 bits per heavy atom. The monoisotopic (exact) mass is 219 g/mol. The van der Waals surface area contributed by atoms with E-state index in [1.54, 1.807) is 0 Å². The van der Waals surface area contributed by atoms with Gasteiger partial charge in [0.25, 0.3) is 0 Å². The van der Waals surface area contributed by atoms with Gasteiger partial charge < -0.3 is 10.5 Å². The van der Waals surface area contributed by atoms with E-state index in [4.69, 9.17) is 5.73 Å². The fourth-order valence-corrected chi connectivity index (χ4v) is 1.82. The number of hydrogen-bond donors (Lipinski definition) is 1. The molecule has 0 bridgehead atoms. The van der Waals surface area contributed by atoms with Gasteiger partial charge in [-0.2, -0.15) is 0 Å². The SMILES string of the molecule is Cc1ccc(CC(N)CC(C)(C)C=O)cc1. The largest absolute Gasteiger partial charge is 0.327 e. The minimum absolute atomic E-state index is 0.0444. The van der Waals surface area contributed by atoms with E-state index in [1.165, 1.54) is 11.1 Å². The van der Waals surface area contributed by atoms with E-state index in [0.717, 1.165) is 19.1 Å². The predicted octanol–water partition coefficient (Wildman–Crippen LogP) is 2.48. The molecule has 1 unspecified atom stereocenters. The smallest absolute Gasteiger partial charge is 0.125 e. The van der Waals surface area contributed by atoms with Crippen LogP contribution in [0.3, 0.4) is 0 Å². The molecule has 0 aliphatic carbocycles. The van der Waals surface area contributed by atoms with Crippen LogP contribution in [0.5, 0.6) is 0 Å². The van der Waals surface area contributed by atoms with Crippen molar-refractivity contribution in [3.63, 3.8) is 0 Å². The standard InChI is InChI=1S/C14H21NO/c1-11-4-6-12(7-5-11)8-13(15)9-14(2,3)10-16/h4-7,10,13H,8-9,15H2,1-3H3. The maximum absolute atomic E-state index is 10.8. The van der Waals surface area contributed by atoms with Crippen LogP contribution in [-0.2, 0) is 11.2 Å². The minimum Gasteiger partial charge on any atom is -0.327 e. The maximum atomic E-state index is 10.8. The average molecular weight is 219 g/mol. The molecule has 0 spiro atoms. The fraction of sp³-hybridized carbons (Fsp3) is 0.500. The lowest BCUT2D eigenvalue weighted by molar-refractivity contribution is -0.115. The van der Waals surface area contributed by atoms with Crippen LogP contribution in [-0.4, -0.2) is 12.3 Å².